The molecule has 0 bridgehead atoms. The number of hydrogen-bond donors (Lipinski definition) is 0. The van der Waals surface area contributed by atoms with Gasteiger partial charge in [0.05, 0.1) is 13.2 Å². The van der Waals surface area contributed by atoms with Crippen molar-refractivity contribution in [2.75, 3.05) is 13.2 Å². The molecule has 2 aliphatic rings. The van der Waals surface area contributed by atoms with Crippen molar-refractivity contribution >= 4 is 22.6 Å². The van der Waals surface area contributed by atoms with Crippen LogP contribution in [0.5, 0.6) is 0 Å². The van der Waals surface area contributed by atoms with Crippen LogP contribution < -0.4 is 0 Å². The molecule has 1 heterocycles. The van der Waals surface area contributed by atoms with Gasteiger partial charge in [0.25, 0.3) is 0 Å². The van der Waals surface area contributed by atoms with Gasteiger partial charge in [-0.05, 0) is 43.7 Å². The van der Waals surface area contributed by atoms with E-state index in [9.17, 15) is 8.78 Å². The maximum absolute atomic E-state index is 13.7. The molecule has 6 heteroatoms. The zero-order chi connectivity index (χ0) is 16.4. The van der Waals surface area contributed by atoms with E-state index in [4.69, 9.17) is 14.7 Å². The summed E-state index contributed by atoms with van der Waals surface area (Å²) in [6.07, 6.45) is 4.09. The van der Waals surface area contributed by atoms with E-state index >= 15 is 0 Å². The molecule has 0 atom stereocenters. The Labute approximate surface area is 148 Å². The van der Waals surface area contributed by atoms with E-state index in [1.807, 2.05) is 0 Å². The number of alkyl halides is 1. The molecule has 3 rings (SSSR count). The molecule has 1 aromatic carbocycles. The normalized spacial score (nSPS) is 31.6. The molecule has 0 N–H and O–H groups in total. The first-order valence-electron chi connectivity index (χ1n) is 7.84. The second-order valence-electron chi connectivity index (χ2n) is 6.24. The molecule has 3 nitrogen and oxygen atoms in total. The fourth-order valence-electron chi connectivity index (χ4n) is 3.37. The lowest BCUT2D eigenvalue weighted by atomic mass is 9.80. The molecule has 1 saturated carbocycles. The van der Waals surface area contributed by atoms with E-state index in [2.05, 4.69) is 22.6 Å². The zero-order valence-corrected chi connectivity index (χ0v) is 14.8. The van der Waals surface area contributed by atoms with Gasteiger partial charge >= 0.3 is 0 Å². The first-order chi connectivity index (χ1) is 11.1. The molecule has 0 radical (unpaired) electrons. The Balaban J connectivity index is 1.62. The highest BCUT2D eigenvalue weighted by atomic mass is 127. The van der Waals surface area contributed by atoms with Crippen molar-refractivity contribution in [1.82, 2.24) is 0 Å². The summed E-state index contributed by atoms with van der Waals surface area (Å²) in [5.41, 5.74) is -0.286. The summed E-state index contributed by atoms with van der Waals surface area (Å²) in [4.78, 5) is 0. The maximum Gasteiger partial charge on any atom is 0.184 e. The topological polar surface area (TPSA) is 42.2 Å². The van der Waals surface area contributed by atoms with E-state index < -0.39 is 23.5 Å². The van der Waals surface area contributed by atoms with Crippen molar-refractivity contribution in [2.24, 2.45) is 11.8 Å². The molecular weight excluding hydrogens is 415 g/mol. The van der Waals surface area contributed by atoms with Gasteiger partial charge in [-0.25, -0.2) is 8.78 Å². The van der Waals surface area contributed by atoms with Crippen LogP contribution in [0.25, 0.3) is 0 Å². The lowest BCUT2D eigenvalue weighted by Crippen LogP contribution is -2.34. The van der Waals surface area contributed by atoms with E-state index in [0.29, 0.717) is 25.0 Å². The van der Waals surface area contributed by atoms with Crippen LogP contribution in [0, 0.1) is 34.8 Å². The minimum Gasteiger partial charge on any atom is -0.348 e. The van der Waals surface area contributed by atoms with Gasteiger partial charge in [-0.3, -0.25) is 0 Å². The van der Waals surface area contributed by atoms with Crippen LogP contribution >= 0.6 is 22.6 Å². The van der Waals surface area contributed by atoms with Gasteiger partial charge in [-0.1, -0.05) is 22.6 Å². The molecule has 0 spiro atoms. The van der Waals surface area contributed by atoms with E-state index in [-0.39, 0.29) is 5.56 Å². The lowest BCUT2D eigenvalue weighted by Gasteiger charge is -2.37. The standard InChI is InChI=1S/C17H18F2INO2/c18-15-5-11(6-16(19)14(15)7-21)17-22-8-12(9-23-17)10-1-3-13(20)4-2-10/h5-6,10,12-13,17H,1-4,8-9H2. The molecule has 1 aliphatic heterocycles. The molecule has 1 aromatic rings. The third kappa shape index (κ3) is 3.83. The molecular formula is C17H18F2INO2. The van der Waals surface area contributed by atoms with E-state index in [1.54, 1.807) is 0 Å². The Morgan fingerprint density at radius 2 is 1.57 bits per heavy atom. The van der Waals surface area contributed by atoms with Crippen molar-refractivity contribution in [2.45, 2.75) is 35.9 Å². The SMILES string of the molecule is N#Cc1c(F)cc(C2OCC(C3CCC(I)CC3)CO2)cc1F. The second kappa shape index (κ2) is 7.41. The Morgan fingerprint density at radius 3 is 2.09 bits per heavy atom. The Bertz CT molecular complexity index is 580. The number of halogens is 3. The van der Waals surface area contributed by atoms with Crippen LogP contribution in [0.4, 0.5) is 8.78 Å². The van der Waals surface area contributed by atoms with Gasteiger partial charge in [0.1, 0.15) is 23.3 Å². The summed E-state index contributed by atoms with van der Waals surface area (Å²) in [6.45, 7) is 1.09. The molecule has 2 fully saturated rings. The number of nitriles is 1. The van der Waals surface area contributed by atoms with E-state index in [0.717, 1.165) is 16.1 Å². The third-order valence-electron chi connectivity index (χ3n) is 4.74. The molecule has 1 aliphatic carbocycles. The minimum atomic E-state index is -0.878. The number of nitrogens with zero attached hydrogens (tertiary/aromatic N) is 1. The largest absolute Gasteiger partial charge is 0.348 e. The van der Waals surface area contributed by atoms with Crippen molar-refractivity contribution in [1.29, 1.82) is 5.26 Å². The predicted octanol–water partition coefficient (Wildman–Crippen LogP) is 4.49. The Kier molecular flexibility index (Phi) is 5.49. The van der Waals surface area contributed by atoms with Gasteiger partial charge in [0.2, 0.25) is 0 Å². The van der Waals surface area contributed by atoms with Crippen LogP contribution in [-0.4, -0.2) is 17.1 Å². The zero-order valence-electron chi connectivity index (χ0n) is 12.6. The summed E-state index contributed by atoms with van der Waals surface area (Å²) in [6, 6.07) is 3.75. The van der Waals surface area contributed by atoms with Crippen molar-refractivity contribution in [3.63, 3.8) is 0 Å². The van der Waals surface area contributed by atoms with Gasteiger partial charge in [-0.2, -0.15) is 5.26 Å². The van der Waals surface area contributed by atoms with Gasteiger partial charge in [0.15, 0.2) is 6.29 Å². The Morgan fingerprint density at radius 1 is 1.00 bits per heavy atom. The predicted molar refractivity (Wildman–Crippen MR) is 89.0 cm³/mol. The fourth-order valence-corrected chi connectivity index (χ4v) is 4.09. The average molecular weight is 433 g/mol. The van der Waals surface area contributed by atoms with Crippen LogP contribution in [0.15, 0.2) is 12.1 Å². The highest BCUT2D eigenvalue weighted by molar-refractivity contribution is 14.1. The third-order valence-corrected chi connectivity index (χ3v) is 5.99. The minimum absolute atomic E-state index is 0.286. The monoisotopic (exact) mass is 433 g/mol. The maximum atomic E-state index is 13.7. The van der Waals surface area contributed by atoms with Crippen LogP contribution in [0.3, 0.4) is 0 Å². The van der Waals surface area contributed by atoms with E-state index in [1.165, 1.54) is 31.8 Å². The number of rotatable bonds is 2. The smallest absolute Gasteiger partial charge is 0.184 e. The number of hydrogen-bond acceptors (Lipinski definition) is 3. The van der Waals surface area contributed by atoms with Crippen molar-refractivity contribution in [3.8, 4) is 6.07 Å². The highest BCUT2D eigenvalue weighted by Crippen LogP contribution is 2.37. The average Bonchev–Trinajstić information content (AvgIpc) is 2.55. The first-order valence-corrected chi connectivity index (χ1v) is 9.09. The molecule has 0 aromatic heterocycles. The molecule has 0 amide bonds. The molecule has 124 valence electrons. The second-order valence-corrected chi connectivity index (χ2v) is 8.00. The highest BCUT2D eigenvalue weighted by Gasteiger charge is 2.32. The summed E-state index contributed by atoms with van der Waals surface area (Å²) in [5, 5.41) is 8.71. The summed E-state index contributed by atoms with van der Waals surface area (Å²) in [5.74, 6) is -0.797. The van der Waals surface area contributed by atoms with Gasteiger partial charge in [-0.15, -0.1) is 0 Å². The first kappa shape index (κ1) is 17.1. The van der Waals surface area contributed by atoms with Crippen molar-refractivity contribution in [3.05, 3.63) is 34.9 Å². The van der Waals surface area contributed by atoms with Crippen LogP contribution in [0.2, 0.25) is 0 Å². The summed E-state index contributed by atoms with van der Waals surface area (Å²) < 4.78 is 39.6. The molecule has 1 saturated heterocycles. The summed E-state index contributed by atoms with van der Waals surface area (Å²) >= 11 is 2.50. The van der Waals surface area contributed by atoms with Crippen LogP contribution in [0.1, 0.15) is 43.1 Å². The summed E-state index contributed by atoms with van der Waals surface area (Å²) in [7, 11) is 0. The molecule has 23 heavy (non-hydrogen) atoms. The number of benzene rings is 1. The quantitative estimate of drug-likeness (QED) is 0.510. The fraction of sp³-hybridized carbons (Fsp3) is 0.588. The number of ether oxygens (including phenoxy) is 2. The van der Waals surface area contributed by atoms with Gasteiger partial charge < -0.3 is 9.47 Å². The Hall–Kier alpha value is -0.780. The lowest BCUT2D eigenvalue weighted by molar-refractivity contribution is -0.214. The van der Waals surface area contributed by atoms with Crippen LogP contribution in [-0.2, 0) is 9.47 Å². The van der Waals surface area contributed by atoms with Gasteiger partial charge in [0, 0.05) is 15.4 Å². The molecule has 0 unspecified atom stereocenters. The van der Waals surface area contributed by atoms with Crippen molar-refractivity contribution < 1.29 is 18.3 Å².